The first-order chi connectivity index (χ1) is 13.5. The number of aromatic amines is 1. The van der Waals surface area contributed by atoms with Crippen molar-refractivity contribution in [2.24, 2.45) is 0 Å². The van der Waals surface area contributed by atoms with Gasteiger partial charge < -0.3 is 14.6 Å². The standard InChI is InChI=1S/C22H20N2O4/c1-14(21(26)18-13-23-19-6-3-2-5-17(18)19)28-22(27)15-8-10-16(11-9-15)24-12-4-7-20(24)25/h2-3,5-6,8-11,13-14,23H,4,7,12H2,1H3/t14-/m1/s1. The number of amides is 1. The van der Waals surface area contributed by atoms with Gasteiger partial charge in [0, 0.05) is 41.3 Å². The Balaban J connectivity index is 1.45. The number of benzene rings is 2. The Morgan fingerprint density at radius 1 is 1.11 bits per heavy atom. The predicted molar refractivity (Wildman–Crippen MR) is 106 cm³/mol. The van der Waals surface area contributed by atoms with Crippen LogP contribution in [0, 0.1) is 0 Å². The number of anilines is 1. The van der Waals surface area contributed by atoms with E-state index in [0.717, 1.165) is 23.0 Å². The van der Waals surface area contributed by atoms with E-state index in [0.29, 0.717) is 24.1 Å². The Morgan fingerprint density at radius 2 is 1.86 bits per heavy atom. The molecular weight excluding hydrogens is 356 g/mol. The van der Waals surface area contributed by atoms with E-state index in [1.54, 1.807) is 42.3 Å². The fourth-order valence-electron chi connectivity index (χ4n) is 3.48. The topological polar surface area (TPSA) is 79.5 Å². The van der Waals surface area contributed by atoms with Gasteiger partial charge in [0.1, 0.15) is 0 Å². The summed E-state index contributed by atoms with van der Waals surface area (Å²) >= 11 is 0. The molecule has 0 bridgehead atoms. The number of nitrogens with zero attached hydrogens (tertiary/aromatic N) is 1. The van der Waals surface area contributed by atoms with Crippen molar-refractivity contribution >= 4 is 34.3 Å². The molecule has 0 aliphatic carbocycles. The number of hydrogen-bond donors (Lipinski definition) is 1. The molecule has 1 atom stereocenters. The van der Waals surface area contributed by atoms with Crippen molar-refractivity contribution in [1.82, 2.24) is 4.98 Å². The van der Waals surface area contributed by atoms with Gasteiger partial charge in [0.25, 0.3) is 0 Å². The quantitative estimate of drug-likeness (QED) is 0.544. The lowest BCUT2D eigenvalue weighted by Crippen LogP contribution is -2.25. The zero-order chi connectivity index (χ0) is 19.7. The molecule has 1 aliphatic rings. The van der Waals surface area contributed by atoms with E-state index in [9.17, 15) is 14.4 Å². The minimum absolute atomic E-state index is 0.0910. The lowest BCUT2D eigenvalue weighted by Gasteiger charge is -2.16. The van der Waals surface area contributed by atoms with Gasteiger partial charge in [0.2, 0.25) is 11.7 Å². The number of fused-ring (bicyclic) bond motifs is 1. The number of esters is 1. The highest BCUT2D eigenvalue weighted by molar-refractivity contribution is 6.10. The first-order valence-corrected chi connectivity index (χ1v) is 9.26. The molecule has 28 heavy (non-hydrogen) atoms. The van der Waals surface area contributed by atoms with Gasteiger partial charge in [-0.25, -0.2) is 4.79 Å². The summed E-state index contributed by atoms with van der Waals surface area (Å²) in [6, 6.07) is 14.2. The maximum absolute atomic E-state index is 12.7. The van der Waals surface area contributed by atoms with Gasteiger partial charge in [-0.1, -0.05) is 18.2 Å². The van der Waals surface area contributed by atoms with Gasteiger partial charge in [0.15, 0.2) is 6.10 Å². The Kier molecular flexibility index (Phi) is 4.69. The lowest BCUT2D eigenvalue weighted by molar-refractivity contribution is -0.117. The van der Waals surface area contributed by atoms with Crippen molar-refractivity contribution in [3.05, 3.63) is 65.9 Å². The summed E-state index contributed by atoms with van der Waals surface area (Å²) in [5, 5.41) is 0.801. The number of nitrogens with one attached hydrogen (secondary N) is 1. The van der Waals surface area contributed by atoms with Crippen molar-refractivity contribution in [2.45, 2.75) is 25.9 Å². The Bertz CT molecular complexity index is 1050. The Labute approximate surface area is 162 Å². The summed E-state index contributed by atoms with van der Waals surface area (Å²) in [7, 11) is 0. The average Bonchev–Trinajstić information content (AvgIpc) is 3.33. The van der Waals surface area contributed by atoms with Crippen molar-refractivity contribution in [3.63, 3.8) is 0 Å². The second-order valence-corrected chi connectivity index (χ2v) is 6.86. The molecule has 0 spiro atoms. The van der Waals surface area contributed by atoms with Gasteiger partial charge in [0.05, 0.1) is 5.56 Å². The van der Waals surface area contributed by atoms with Crippen LogP contribution < -0.4 is 4.90 Å². The van der Waals surface area contributed by atoms with Crippen LogP contribution in [0.4, 0.5) is 5.69 Å². The molecule has 1 fully saturated rings. The third kappa shape index (κ3) is 3.29. The zero-order valence-electron chi connectivity index (χ0n) is 15.5. The Morgan fingerprint density at radius 3 is 2.57 bits per heavy atom. The molecule has 1 saturated heterocycles. The van der Waals surface area contributed by atoms with Crippen LogP contribution in [0.1, 0.15) is 40.5 Å². The number of ether oxygens (including phenoxy) is 1. The SMILES string of the molecule is C[C@@H](OC(=O)c1ccc(N2CCCC2=O)cc1)C(=O)c1c[nH]c2ccccc12. The monoisotopic (exact) mass is 376 g/mol. The van der Waals surface area contributed by atoms with Crippen LogP contribution >= 0.6 is 0 Å². The van der Waals surface area contributed by atoms with Crippen LogP contribution in [0.3, 0.4) is 0 Å². The molecule has 1 aromatic heterocycles. The first kappa shape index (κ1) is 18.0. The molecule has 0 saturated carbocycles. The number of carbonyl (C=O) groups excluding carboxylic acids is 3. The molecule has 142 valence electrons. The van der Waals surface area contributed by atoms with Crippen LogP contribution in [0.2, 0.25) is 0 Å². The van der Waals surface area contributed by atoms with Crippen LogP contribution in [-0.4, -0.2) is 35.3 Å². The fraction of sp³-hybridized carbons (Fsp3) is 0.227. The number of para-hydroxylation sites is 1. The van der Waals surface area contributed by atoms with Gasteiger partial charge in [-0.3, -0.25) is 9.59 Å². The number of aromatic nitrogens is 1. The number of hydrogen-bond acceptors (Lipinski definition) is 4. The molecule has 1 aliphatic heterocycles. The van der Waals surface area contributed by atoms with Gasteiger partial charge in [-0.05, 0) is 43.7 Å². The highest BCUT2D eigenvalue weighted by Crippen LogP contribution is 2.23. The molecule has 6 heteroatoms. The van der Waals surface area contributed by atoms with E-state index in [2.05, 4.69) is 4.98 Å². The van der Waals surface area contributed by atoms with Crippen molar-refractivity contribution in [2.75, 3.05) is 11.4 Å². The van der Waals surface area contributed by atoms with Crippen LogP contribution in [0.15, 0.2) is 54.7 Å². The van der Waals surface area contributed by atoms with Gasteiger partial charge in [-0.2, -0.15) is 0 Å². The number of Topliss-reactive ketones (excluding diaryl/α,β-unsaturated/α-hetero) is 1. The number of rotatable bonds is 5. The Hall–Kier alpha value is -3.41. The van der Waals surface area contributed by atoms with E-state index in [1.807, 2.05) is 24.3 Å². The molecule has 6 nitrogen and oxygen atoms in total. The average molecular weight is 376 g/mol. The molecular formula is C22H20N2O4. The summed E-state index contributed by atoms with van der Waals surface area (Å²) in [5.41, 5.74) is 2.46. The van der Waals surface area contributed by atoms with E-state index >= 15 is 0 Å². The number of ketones is 1. The largest absolute Gasteiger partial charge is 0.451 e. The smallest absolute Gasteiger partial charge is 0.338 e. The third-order valence-corrected chi connectivity index (χ3v) is 5.00. The highest BCUT2D eigenvalue weighted by Gasteiger charge is 2.24. The second kappa shape index (κ2) is 7.31. The summed E-state index contributed by atoms with van der Waals surface area (Å²) in [4.78, 5) is 41.7. The van der Waals surface area contributed by atoms with Gasteiger partial charge >= 0.3 is 5.97 Å². The van der Waals surface area contributed by atoms with Gasteiger partial charge in [-0.15, -0.1) is 0 Å². The molecule has 4 rings (SSSR count). The third-order valence-electron chi connectivity index (χ3n) is 5.00. The summed E-state index contributed by atoms with van der Waals surface area (Å²) < 4.78 is 5.37. The number of carbonyl (C=O) groups is 3. The molecule has 0 unspecified atom stereocenters. The van der Waals surface area contributed by atoms with Crippen LogP contribution in [0.25, 0.3) is 10.9 Å². The maximum atomic E-state index is 12.7. The molecule has 1 N–H and O–H groups in total. The predicted octanol–water partition coefficient (Wildman–Crippen LogP) is 3.72. The normalized spacial score (nSPS) is 15.0. The first-order valence-electron chi connectivity index (χ1n) is 9.26. The summed E-state index contributed by atoms with van der Waals surface area (Å²) in [5.74, 6) is -0.738. The van der Waals surface area contributed by atoms with E-state index in [-0.39, 0.29) is 11.7 Å². The minimum Gasteiger partial charge on any atom is -0.451 e. The highest BCUT2D eigenvalue weighted by atomic mass is 16.5. The fourth-order valence-corrected chi connectivity index (χ4v) is 3.48. The molecule has 1 amide bonds. The second-order valence-electron chi connectivity index (χ2n) is 6.86. The summed E-state index contributed by atoms with van der Waals surface area (Å²) in [6.45, 7) is 2.26. The van der Waals surface area contributed by atoms with Crippen molar-refractivity contribution in [3.8, 4) is 0 Å². The van der Waals surface area contributed by atoms with Crippen molar-refractivity contribution in [1.29, 1.82) is 0 Å². The lowest BCUT2D eigenvalue weighted by atomic mass is 10.1. The molecule has 2 heterocycles. The maximum Gasteiger partial charge on any atom is 0.338 e. The number of H-pyrrole nitrogens is 1. The van der Waals surface area contributed by atoms with E-state index < -0.39 is 12.1 Å². The van der Waals surface area contributed by atoms with E-state index in [1.165, 1.54) is 0 Å². The minimum atomic E-state index is -0.911. The molecule has 3 aromatic rings. The van der Waals surface area contributed by atoms with Crippen molar-refractivity contribution < 1.29 is 19.1 Å². The summed E-state index contributed by atoms with van der Waals surface area (Å²) in [6.07, 6.45) is 2.12. The van der Waals surface area contributed by atoms with Crippen LogP contribution in [-0.2, 0) is 9.53 Å². The molecule has 2 aromatic carbocycles. The zero-order valence-corrected chi connectivity index (χ0v) is 15.5. The molecule has 0 radical (unpaired) electrons. The van der Waals surface area contributed by atoms with Crippen LogP contribution in [0.5, 0.6) is 0 Å². The van der Waals surface area contributed by atoms with E-state index in [4.69, 9.17) is 4.74 Å².